The number of hydrogen-bond acceptors (Lipinski definition) is 5. The van der Waals surface area contributed by atoms with Crippen LogP contribution >= 0.6 is 22.9 Å². The van der Waals surface area contributed by atoms with E-state index in [0.717, 1.165) is 17.8 Å². The van der Waals surface area contributed by atoms with Gasteiger partial charge in [0.05, 0.1) is 0 Å². The Morgan fingerprint density at radius 2 is 2.47 bits per heavy atom. The van der Waals surface area contributed by atoms with Gasteiger partial charge in [-0.3, -0.25) is 4.79 Å². The number of halogens is 1. The quantitative estimate of drug-likeness (QED) is 0.833. The highest BCUT2D eigenvalue weighted by Gasteiger charge is 2.28. The highest BCUT2D eigenvalue weighted by atomic mass is 35.5. The zero-order chi connectivity index (χ0) is 10.8. The first-order chi connectivity index (χ1) is 7.20. The summed E-state index contributed by atoms with van der Waals surface area (Å²) in [4.78, 5) is 13.5. The highest BCUT2D eigenvalue weighted by Crippen LogP contribution is 2.21. The van der Waals surface area contributed by atoms with Crippen molar-refractivity contribution in [1.29, 1.82) is 0 Å². The Morgan fingerprint density at radius 1 is 1.67 bits per heavy atom. The maximum atomic E-state index is 11.8. The molecule has 1 atom stereocenters. The average molecular weight is 248 g/mol. The Kier molecular flexibility index (Phi) is 3.18. The van der Waals surface area contributed by atoms with Crippen molar-refractivity contribution in [1.82, 2.24) is 15.1 Å². The zero-order valence-electron chi connectivity index (χ0n) is 7.89. The summed E-state index contributed by atoms with van der Waals surface area (Å²) < 4.78 is 0.274. The molecule has 1 N–H and O–H groups in total. The van der Waals surface area contributed by atoms with Crippen LogP contribution in [-0.4, -0.2) is 45.8 Å². The molecule has 1 aromatic rings. The summed E-state index contributed by atoms with van der Waals surface area (Å²) in [7, 11) is 0. The number of rotatable bonds is 2. The lowest BCUT2D eigenvalue weighted by atomic mass is 10.1. The van der Waals surface area contributed by atoms with Gasteiger partial charge in [0.25, 0.3) is 5.91 Å². The number of nitrogens with zero attached hydrogens (tertiary/aromatic N) is 3. The summed E-state index contributed by atoms with van der Waals surface area (Å²) in [5.74, 6) is 0.0488. The molecule has 1 unspecified atom stereocenters. The number of likely N-dealkylation sites (tertiary alicyclic amines) is 1. The number of aromatic nitrogens is 2. The number of aliphatic hydroxyl groups is 1. The van der Waals surface area contributed by atoms with Crippen molar-refractivity contribution >= 4 is 28.8 Å². The molecular formula is C8H10ClN3O2S. The Balaban J connectivity index is 2.03. The predicted octanol–water partition coefficient (Wildman–Crippen LogP) is 0.646. The third-order valence-corrected chi connectivity index (χ3v) is 3.42. The van der Waals surface area contributed by atoms with Crippen molar-refractivity contribution in [2.75, 3.05) is 19.7 Å². The van der Waals surface area contributed by atoms with Crippen LogP contribution in [0.2, 0.25) is 4.47 Å². The molecule has 1 aliphatic heterocycles. The van der Waals surface area contributed by atoms with Crippen molar-refractivity contribution < 1.29 is 9.90 Å². The maximum Gasteiger partial charge on any atom is 0.284 e. The SMILES string of the molecule is O=C(c1nnc(Cl)s1)N1CCC(CO)C1. The minimum absolute atomic E-state index is 0.126. The van der Waals surface area contributed by atoms with E-state index in [1.54, 1.807) is 4.90 Å². The van der Waals surface area contributed by atoms with Gasteiger partial charge in [0.15, 0.2) is 0 Å². The van der Waals surface area contributed by atoms with Gasteiger partial charge in [-0.1, -0.05) is 11.3 Å². The van der Waals surface area contributed by atoms with Crippen LogP contribution in [0.15, 0.2) is 0 Å². The second-order valence-corrected chi connectivity index (χ2v) is 5.01. The lowest BCUT2D eigenvalue weighted by Gasteiger charge is -2.13. The van der Waals surface area contributed by atoms with Crippen molar-refractivity contribution in [3.05, 3.63) is 9.47 Å². The van der Waals surface area contributed by atoms with Gasteiger partial charge in [0.2, 0.25) is 9.47 Å². The smallest absolute Gasteiger partial charge is 0.284 e. The first kappa shape index (κ1) is 10.8. The van der Waals surface area contributed by atoms with Crippen LogP contribution in [0.25, 0.3) is 0 Å². The van der Waals surface area contributed by atoms with Gasteiger partial charge in [0, 0.05) is 25.6 Å². The van der Waals surface area contributed by atoms with Gasteiger partial charge in [-0.25, -0.2) is 0 Å². The summed E-state index contributed by atoms with van der Waals surface area (Å²) in [6.07, 6.45) is 0.842. The van der Waals surface area contributed by atoms with Gasteiger partial charge in [0.1, 0.15) is 0 Å². The summed E-state index contributed by atoms with van der Waals surface area (Å²) in [5, 5.41) is 16.6. The van der Waals surface area contributed by atoms with Crippen LogP contribution in [0.4, 0.5) is 0 Å². The van der Waals surface area contributed by atoms with Gasteiger partial charge < -0.3 is 10.0 Å². The molecule has 0 aliphatic carbocycles. The molecule has 1 aliphatic rings. The first-order valence-electron chi connectivity index (χ1n) is 4.60. The molecule has 1 aromatic heterocycles. The Morgan fingerprint density at radius 3 is 3.00 bits per heavy atom. The summed E-state index contributed by atoms with van der Waals surface area (Å²) in [6, 6.07) is 0. The van der Waals surface area contributed by atoms with E-state index in [1.807, 2.05) is 0 Å². The summed E-state index contributed by atoms with van der Waals surface area (Å²) in [5.41, 5.74) is 0. The molecule has 0 bridgehead atoms. The topological polar surface area (TPSA) is 66.3 Å². The molecule has 0 spiro atoms. The van der Waals surface area contributed by atoms with Crippen LogP contribution in [0, 0.1) is 5.92 Å². The Bertz CT molecular complexity index is 371. The fourth-order valence-corrected chi connectivity index (χ4v) is 2.39. The molecule has 1 amide bonds. The van der Waals surface area contributed by atoms with E-state index in [2.05, 4.69) is 10.2 Å². The van der Waals surface area contributed by atoms with Crippen molar-refractivity contribution in [2.45, 2.75) is 6.42 Å². The highest BCUT2D eigenvalue weighted by molar-refractivity contribution is 7.17. The fourth-order valence-electron chi connectivity index (χ4n) is 1.59. The van der Waals surface area contributed by atoms with Crippen LogP contribution in [0.1, 0.15) is 16.2 Å². The molecule has 1 fully saturated rings. The molecular weight excluding hydrogens is 238 g/mol. The van der Waals surface area contributed by atoms with Gasteiger partial charge >= 0.3 is 0 Å². The van der Waals surface area contributed by atoms with E-state index in [4.69, 9.17) is 16.7 Å². The number of aliphatic hydroxyl groups excluding tert-OH is 1. The van der Waals surface area contributed by atoms with E-state index < -0.39 is 0 Å². The van der Waals surface area contributed by atoms with E-state index in [0.29, 0.717) is 18.1 Å². The minimum Gasteiger partial charge on any atom is -0.396 e. The third-order valence-electron chi connectivity index (χ3n) is 2.41. The van der Waals surface area contributed by atoms with E-state index >= 15 is 0 Å². The standard InChI is InChI=1S/C8H10ClN3O2S/c9-8-11-10-6(15-8)7(14)12-2-1-5(3-12)4-13/h5,13H,1-4H2. The number of carbonyl (C=O) groups is 1. The number of amides is 1. The molecule has 5 nitrogen and oxygen atoms in total. The normalized spacial score (nSPS) is 20.9. The van der Waals surface area contributed by atoms with Crippen molar-refractivity contribution in [3.63, 3.8) is 0 Å². The summed E-state index contributed by atoms with van der Waals surface area (Å²) in [6.45, 7) is 1.38. The lowest BCUT2D eigenvalue weighted by Crippen LogP contribution is -2.29. The Labute approximate surface area is 95.7 Å². The monoisotopic (exact) mass is 247 g/mol. The second-order valence-electron chi connectivity index (χ2n) is 3.45. The zero-order valence-corrected chi connectivity index (χ0v) is 9.46. The molecule has 7 heteroatoms. The molecule has 0 radical (unpaired) electrons. The van der Waals surface area contributed by atoms with Gasteiger partial charge in [-0.2, -0.15) is 0 Å². The molecule has 2 rings (SSSR count). The average Bonchev–Trinajstić information content (AvgIpc) is 2.84. The minimum atomic E-state index is -0.143. The van der Waals surface area contributed by atoms with Crippen LogP contribution in [-0.2, 0) is 0 Å². The fraction of sp³-hybridized carbons (Fsp3) is 0.625. The van der Waals surface area contributed by atoms with Crippen LogP contribution < -0.4 is 0 Å². The van der Waals surface area contributed by atoms with Gasteiger partial charge in [-0.05, 0) is 18.0 Å². The van der Waals surface area contributed by atoms with E-state index in [9.17, 15) is 4.79 Å². The lowest BCUT2D eigenvalue weighted by molar-refractivity contribution is 0.0780. The predicted molar refractivity (Wildman–Crippen MR) is 56.0 cm³/mol. The summed E-state index contributed by atoms with van der Waals surface area (Å²) >= 11 is 6.68. The molecule has 15 heavy (non-hydrogen) atoms. The molecule has 0 saturated carbocycles. The molecule has 0 aromatic carbocycles. The van der Waals surface area contributed by atoms with Crippen LogP contribution in [0.3, 0.4) is 0 Å². The third kappa shape index (κ3) is 2.27. The first-order valence-corrected chi connectivity index (χ1v) is 5.79. The van der Waals surface area contributed by atoms with Gasteiger partial charge in [-0.15, -0.1) is 10.2 Å². The Hall–Kier alpha value is -0.720. The van der Waals surface area contributed by atoms with Crippen molar-refractivity contribution in [2.24, 2.45) is 5.92 Å². The van der Waals surface area contributed by atoms with E-state index in [1.165, 1.54) is 0 Å². The largest absolute Gasteiger partial charge is 0.396 e. The van der Waals surface area contributed by atoms with E-state index in [-0.39, 0.29) is 22.9 Å². The molecule has 82 valence electrons. The number of carbonyl (C=O) groups excluding carboxylic acids is 1. The maximum absolute atomic E-state index is 11.8. The second kappa shape index (κ2) is 4.42. The molecule has 2 heterocycles. The molecule has 1 saturated heterocycles. The van der Waals surface area contributed by atoms with Crippen LogP contribution in [0.5, 0.6) is 0 Å². The van der Waals surface area contributed by atoms with Crippen molar-refractivity contribution in [3.8, 4) is 0 Å². The number of hydrogen-bond donors (Lipinski definition) is 1.